The van der Waals surface area contributed by atoms with Gasteiger partial charge in [-0.1, -0.05) is 18.2 Å². The molecule has 5 heteroatoms. The van der Waals surface area contributed by atoms with E-state index in [2.05, 4.69) is 24.9 Å². The quantitative estimate of drug-likeness (QED) is 0.561. The van der Waals surface area contributed by atoms with Gasteiger partial charge in [0.15, 0.2) is 11.3 Å². The molecule has 0 saturated carbocycles. The standard InChI is InChI=1S/C14H9N5/c1-3-10(9-4-2-6-15-11(9)5-1)12-7-16-13-14(19-12)18-8-17-13/h1-8H,(H,16,17,18,19). The molecule has 0 aliphatic heterocycles. The minimum atomic E-state index is 0.624. The van der Waals surface area contributed by atoms with Crippen LogP contribution in [-0.4, -0.2) is 24.9 Å². The molecule has 0 aliphatic rings. The maximum atomic E-state index is 4.52. The van der Waals surface area contributed by atoms with Crippen molar-refractivity contribution in [2.24, 2.45) is 0 Å². The first-order chi connectivity index (χ1) is 9.42. The maximum Gasteiger partial charge on any atom is 0.197 e. The summed E-state index contributed by atoms with van der Waals surface area (Å²) in [6, 6.07) is 9.94. The van der Waals surface area contributed by atoms with E-state index in [1.54, 1.807) is 18.7 Å². The highest BCUT2D eigenvalue weighted by atomic mass is 15.0. The Labute approximate surface area is 108 Å². The van der Waals surface area contributed by atoms with Gasteiger partial charge in [0.1, 0.15) is 0 Å². The first-order valence-electron chi connectivity index (χ1n) is 5.92. The summed E-state index contributed by atoms with van der Waals surface area (Å²) in [6.07, 6.45) is 5.14. The van der Waals surface area contributed by atoms with Gasteiger partial charge in [-0.2, -0.15) is 0 Å². The third-order valence-electron chi connectivity index (χ3n) is 3.06. The molecule has 90 valence electrons. The lowest BCUT2D eigenvalue weighted by molar-refractivity contribution is 1.26. The molecule has 0 saturated heterocycles. The van der Waals surface area contributed by atoms with Crippen molar-refractivity contribution < 1.29 is 0 Å². The van der Waals surface area contributed by atoms with Crippen LogP contribution in [-0.2, 0) is 0 Å². The molecule has 0 spiro atoms. The molecule has 19 heavy (non-hydrogen) atoms. The molecule has 0 bridgehead atoms. The Morgan fingerprint density at radius 3 is 2.95 bits per heavy atom. The van der Waals surface area contributed by atoms with Crippen molar-refractivity contribution in [1.82, 2.24) is 24.9 Å². The van der Waals surface area contributed by atoms with Crippen molar-refractivity contribution in [1.29, 1.82) is 0 Å². The number of nitrogens with zero attached hydrogens (tertiary/aromatic N) is 4. The van der Waals surface area contributed by atoms with Crippen LogP contribution in [0, 0.1) is 0 Å². The Balaban J connectivity index is 2.03. The molecule has 0 amide bonds. The number of aromatic amines is 1. The van der Waals surface area contributed by atoms with Crippen LogP contribution in [0.2, 0.25) is 0 Å². The number of imidazole rings is 1. The van der Waals surface area contributed by atoms with Crippen molar-refractivity contribution in [3.05, 3.63) is 49.1 Å². The second-order valence-corrected chi connectivity index (χ2v) is 4.21. The fourth-order valence-corrected chi connectivity index (χ4v) is 2.18. The Hall–Kier alpha value is -2.82. The first-order valence-corrected chi connectivity index (χ1v) is 5.92. The van der Waals surface area contributed by atoms with Crippen molar-refractivity contribution in [3.8, 4) is 11.3 Å². The van der Waals surface area contributed by atoms with E-state index < -0.39 is 0 Å². The van der Waals surface area contributed by atoms with Gasteiger partial charge in [-0.05, 0) is 12.1 Å². The van der Waals surface area contributed by atoms with Crippen LogP contribution in [0.25, 0.3) is 33.5 Å². The summed E-state index contributed by atoms with van der Waals surface area (Å²) in [5, 5.41) is 1.06. The Bertz CT molecular complexity index is 876. The van der Waals surface area contributed by atoms with Crippen molar-refractivity contribution in [2.45, 2.75) is 0 Å². The van der Waals surface area contributed by atoms with Gasteiger partial charge in [0.05, 0.1) is 23.7 Å². The molecule has 5 nitrogen and oxygen atoms in total. The number of H-pyrrole nitrogens is 1. The van der Waals surface area contributed by atoms with Gasteiger partial charge in [0.25, 0.3) is 0 Å². The van der Waals surface area contributed by atoms with Crippen LogP contribution >= 0.6 is 0 Å². The van der Waals surface area contributed by atoms with Crippen LogP contribution < -0.4 is 0 Å². The minimum absolute atomic E-state index is 0.624. The van der Waals surface area contributed by atoms with E-state index in [0.29, 0.717) is 11.3 Å². The number of rotatable bonds is 1. The van der Waals surface area contributed by atoms with Crippen LogP contribution in [0.5, 0.6) is 0 Å². The Morgan fingerprint density at radius 2 is 1.95 bits per heavy atom. The number of aromatic nitrogens is 5. The highest BCUT2D eigenvalue weighted by Crippen LogP contribution is 2.26. The lowest BCUT2D eigenvalue weighted by Crippen LogP contribution is -1.89. The summed E-state index contributed by atoms with van der Waals surface area (Å²) in [7, 11) is 0. The number of nitrogens with one attached hydrogen (secondary N) is 1. The number of hydrogen-bond donors (Lipinski definition) is 1. The molecule has 4 rings (SSSR count). The van der Waals surface area contributed by atoms with Gasteiger partial charge in [-0.15, -0.1) is 0 Å². The van der Waals surface area contributed by atoms with Gasteiger partial charge in [-0.25, -0.2) is 15.0 Å². The first kappa shape index (κ1) is 10.1. The molecule has 0 aliphatic carbocycles. The molecule has 4 aromatic rings. The molecule has 1 N–H and O–H groups in total. The van der Waals surface area contributed by atoms with E-state index in [-0.39, 0.29) is 0 Å². The molecule has 3 aromatic heterocycles. The highest BCUT2D eigenvalue weighted by molar-refractivity contribution is 5.93. The normalized spacial score (nSPS) is 11.2. The average molecular weight is 247 g/mol. The SMILES string of the molecule is c1cc(-c2cnc3[nH]cnc3n2)c2cccnc2c1. The highest BCUT2D eigenvalue weighted by Gasteiger charge is 2.07. The van der Waals surface area contributed by atoms with Crippen LogP contribution in [0.15, 0.2) is 49.1 Å². The lowest BCUT2D eigenvalue weighted by Gasteiger charge is -2.04. The summed E-state index contributed by atoms with van der Waals surface area (Å²) in [6.45, 7) is 0. The third-order valence-corrected chi connectivity index (χ3v) is 3.06. The molecule has 1 aromatic carbocycles. The second-order valence-electron chi connectivity index (χ2n) is 4.21. The Kier molecular flexibility index (Phi) is 2.05. The smallest absolute Gasteiger partial charge is 0.197 e. The van der Waals surface area contributed by atoms with Crippen molar-refractivity contribution >= 4 is 22.2 Å². The number of benzene rings is 1. The largest absolute Gasteiger partial charge is 0.328 e. The third kappa shape index (κ3) is 1.55. The van der Waals surface area contributed by atoms with Crippen molar-refractivity contribution in [2.75, 3.05) is 0 Å². The van der Waals surface area contributed by atoms with Crippen LogP contribution in [0.4, 0.5) is 0 Å². The topological polar surface area (TPSA) is 67.3 Å². The number of pyridine rings is 1. The fraction of sp³-hybridized carbons (Fsp3) is 0. The summed E-state index contributed by atoms with van der Waals surface area (Å²) in [4.78, 5) is 20.3. The van der Waals surface area contributed by atoms with Crippen LogP contribution in [0.3, 0.4) is 0 Å². The van der Waals surface area contributed by atoms with Crippen LogP contribution in [0.1, 0.15) is 0 Å². The van der Waals surface area contributed by atoms with E-state index >= 15 is 0 Å². The van der Waals surface area contributed by atoms with E-state index in [1.165, 1.54) is 0 Å². The summed E-state index contributed by atoms with van der Waals surface area (Å²) in [5.41, 5.74) is 4.09. The molecule has 0 fully saturated rings. The molecule has 0 atom stereocenters. The Morgan fingerprint density at radius 1 is 0.947 bits per heavy atom. The molecule has 3 heterocycles. The molecular weight excluding hydrogens is 238 g/mol. The predicted octanol–water partition coefficient (Wildman–Crippen LogP) is 2.57. The number of fused-ring (bicyclic) bond motifs is 2. The zero-order valence-electron chi connectivity index (χ0n) is 9.91. The van der Waals surface area contributed by atoms with Gasteiger partial charge < -0.3 is 4.98 Å². The molecule has 0 unspecified atom stereocenters. The predicted molar refractivity (Wildman–Crippen MR) is 72.4 cm³/mol. The fourth-order valence-electron chi connectivity index (χ4n) is 2.18. The molecule has 0 radical (unpaired) electrons. The van der Waals surface area contributed by atoms with Gasteiger partial charge in [-0.3, -0.25) is 4.98 Å². The van der Waals surface area contributed by atoms with E-state index in [0.717, 1.165) is 22.2 Å². The lowest BCUT2D eigenvalue weighted by atomic mass is 10.1. The van der Waals surface area contributed by atoms with Crippen molar-refractivity contribution in [3.63, 3.8) is 0 Å². The molecular formula is C14H9N5. The van der Waals surface area contributed by atoms with Gasteiger partial charge in [0, 0.05) is 17.1 Å². The van der Waals surface area contributed by atoms with E-state index in [9.17, 15) is 0 Å². The van der Waals surface area contributed by atoms with Gasteiger partial charge >= 0.3 is 0 Å². The zero-order valence-corrected chi connectivity index (χ0v) is 9.91. The summed E-state index contributed by atoms with van der Waals surface area (Å²) >= 11 is 0. The van der Waals surface area contributed by atoms with E-state index in [1.807, 2.05) is 30.3 Å². The number of hydrogen-bond acceptors (Lipinski definition) is 4. The van der Waals surface area contributed by atoms with E-state index in [4.69, 9.17) is 0 Å². The van der Waals surface area contributed by atoms with Gasteiger partial charge in [0.2, 0.25) is 0 Å². The summed E-state index contributed by atoms with van der Waals surface area (Å²) < 4.78 is 0. The average Bonchev–Trinajstić information content (AvgIpc) is 2.94. The monoisotopic (exact) mass is 247 g/mol. The zero-order chi connectivity index (χ0) is 12.7. The second kappa shape index (κ2) is 3.84. The summed E-state index contributed by atoms with van der Waals surface area (Å²) in [5.74, 6) is 0. The maximum absolute atomic E-state index is 4.52. The minimum Gasteiger partial charge on any atom is -0.328 e.